The number of phenols is 1. The molecule has 16 heteroatoms. The van der Waals surface area contributed by atoms with E-state index in [1.807, 2.05) is 0 Å². The van der Waals surface area contributed by atoms with Crippen molar-refractivity contribution in [3.05, 3.63) is 70.1 Å². The highest BCUT2D eigenvalue weighted by Gasteiger charge is 2.77. The van der Waals surface area contributed by atoms with Crippen LogP contribution < -0.4 is 4.90 Å². The number of ether oxygens (including phenoxy) is 1. The van der Waals surface area contributed by atoms with Crippen LogP contribution in [-0.2, 0) is 23.9 Å². The van der Waals surface area contributed by atoms with Gasteiger partial charge >= 0.3 is 6.09 Å². The van der Waals surface area contributed by atoms with Gasteiger partial charge in [-0.1, -0.05) is 29.8 Å². The Kier molecular flexibility index (Phi) is 6.87. The van der Waals surface area contributed by atoms with Gasteiger partial charge in [0, 0.05) is 11.5 Å². The third-order valence-corrected chi connectivity index (χ3v) is 10.6. The van der Waals surface area contributed by atoms with Gasteiger partial charge in [-0.05, 0) is 31.2 Å². The van der Waals surface area contributed by atoms with E-state index in [4.69, 9.17) is 23.2 Å². The molecule has 2 aromatic rings. The number of likely N-dealkylation sites (tertiary alicyclic amines) is 1. The van der Waals surface area contributed by atoms with Crippen LogP contribution in [0.15, 0.2) is 29.8 Å². The quantitative estimate of drug-likeness (QED) is 0.122. The highest BCUT2D eigenvalue weighted by atomic mass is 35.5. The summed E-state index contributed by atoms with van der Waals surface area (Å²) in [7, 11) is 0.943. The molecule has 4 aliphatic rings. The number of para-hydroxylation sites is 1. The zero-order valence-corrected chi connectivity index (χ0v) is 24.5. The molecular formula is C29H19Cl2F5N2O7. The van der Waals surface area contributed by atoms with E-state index in [9.17, 15) is 42.3 Å². The highest BCUT2D eigenvalue weighted by Crippen LogP contribution is 2.66. The Morgan fingerprint density at radius 3 is 2.13 bits per heavy atom. The van der Waals surface area contributed by atoms with Gasteiger partial charge in [-0.3, -0.25) is 19.2 Å². The molecule has 6 unspecified atom stereocenters. The van der Waals surface area contributed by atoms with Crippen molar-refractivity contribution in [1.82, 2.24) is 4.90 Å². The lowest BCUT2D eigenvalue weighted by atomic mass is 9.56. The molecule has 2 aliphatic carbocycles. The molecule has 2 aliphatic heterocycles. The number of methoxy groups -OCH3 is 1. The first-order chi connectivity index (χ1) is 21.1. The number of nitrogens with zero attached hydrogens (tertiary/aromatic N) is 2. The van der Waals surface area contributed by atoms with E-state index in [0.717, 1.165) is 7.11 Å². The molecule has 3 fully saturated rings. The van der Waals surface area contributed by atoms with E-state index in [2.05, 4.69) is 4.74 Å². The van der Waals surface area contributed by atoms with E-state index in [1.54, 1.807) is 0 Å². The Hall–Kier alpha value is -4.04. The molecule has 1 N–H and O–H groups in total. The molecule has 2 aromatic carbocycles. The van der Waals surface area contributed by atoms with Gasteiger partial charge in [0.1, 0.15) is 11.4 Å². The maximum Gasteiger partial charge on any atom is 0.423 e. The second-order valence-electron chi connectivity index (χ2n) is 11.2. The Labute approximate surface area is 260 Å². The number of amides is 5. The summed E-state index contributed by atoms with van der Waals surface area (Å²) in [5, 5.41) is 11.1. The molecule has 2 saturated heterocycles. The average Bonchev–Trinajstić information content (AvgIpc) is 3.35. The molecule has 6 atom stereocenters. The largest absolute Gasteiger partial charge is 0.507 e. The number of aryl methyl sites for hydroxylation is 1. The van der Waals surface area contributed by atoms with E-state index >= 15 is 8.78 Å². The van der Waals surface area contributed by atoms with Crippen molar-refractivity contribution in [3.8, 4) is 5.75 Å². The lowest BCUT2D eigenvalue weighted by Crippen LogP contribution is -2.60. The van der Waals surface area contributed by atoms with Gasteiger partial charge in [-0.15, -0.1) is 23.2 Å². The topological polar surface area (TPSA) is 121 Å². The minimum absolute atomic E-state index is 0.119. The summed E-state index contributed by atoms with van der Waals surface area (Å²) in [4.78, 5) is 61.7. The summed E-state index contributed by atoms with van der Waals surface area (Å²) in [5.41, 5.74) is -1.66. The van der Waals surface area contributed by atoms with Gasteiger partial charge in [0.25, 0.3) is 11.8 Å². The molecule has 0 spiro atoms. The number of imide groups is 4. The van der Waals surface area contributed by atoms with Gasteiger partial charge in [0.2, 0.25) is 17.6 Å². The van der Waals surface area contributed by atoms with Crippen LogP contribution in [0.2, 0.25) is 0 Å². The lowest BCUT2D eigenvalue weighted by molar-refractivity contribution is -0.138. The van der Waals surface area contributed by atoms with Crippen molar-refractivity contribution in [2.24, 2.45) is 17.8 Å². The van der Waals surface area contributed by atoms with Gasteiger partial charge < -0.3 is 9.84 Å². The normalized spacial score (nSPS) is 30.7. The number of aromatic hydroxyl groups is 1. The van der Waals surface area contributed by atoms with Crippen molar-refractivity contribution in [2.45, 2.75) is 35.4 Å². The summed E-state index contributed by atoms with van der Waals surface area (Å²) in [6, 6.07) is 4.24. The number of allylic oxidation sites excluding steroid dienone is 2. The summed E-state index contributed by atoms with van der Waals surface area (Å²) in [6.45, 7) is 1.48. The molecule has 236 valence electrons. The van der Waals surface area contributed by atoms with Crippen LogP contribution in [0, 0.1) is 53.8 Å². The lowest BCUT2D eigenvalue weighted by Gasteiger charge is -2.50. The van der Waals surface area contributed by atoms with Crippen LogP contribution in [0.1, 0.15) is 29.9 Å². The highest BCUT2D eigenvalue weighted by molar-refractivity contribution is 6.58. The van der Waals surface area contributed by atoms with Crippen molar-refractivity contribution >= 4 is 58.6 Å². The van der Waals surface area contributed by atoms with Crippen LogP contribution in [0.3, 0.4) is 0 Å². The molecule has 0 aromatic heterocycles. The Bertz CT molecular complexity index is 1790. The SMILES string of the molecule is COC(=O)N1C(=O)C2CC=C3C(CC4(Cl)C(=O)N(c5c(F)c(F)c(F)c(F)c5F)C(=O)C4(Cl)C3c3cccc(C)c3O)C2C1=O. The standard InChI is InChI=1S/C29H19Cl2F5N2O7/c1-9-4-3-5-12(22(9)39)15-10-6-7-11-14(24(41)38(23(11)40)27(44)45-2)13(10)8-28(30)25(42)37(26(43)29(15,28)31)21-19(35)17(33)16(32)18(34)20(21)36/h3-6,11,13-15,39H,7-8H2,1-2H3. The smallest absolute Gasteiger partial charge is 0.423 e. The van der Waals surface area contributed by atoms with Crippen molar-refractivity contribution in [1.29, 1.82) is 0 Å². The second kappa shape index (κ2) is 9.98. The molecule has 45 heavy (non-hydrogen) atoms. The van der Waals surface area contributed by atoms with Gasteiger partial charge in [0.05, 0.1) is 18.9 Å². The number of carbonyl (C=O) groups is 5. The number of phenolic OH excluding ortho intramolecular Hbond substituents is 1. The zero-order chi connectivity index (χ0) is 33.1. The molecule has 9 nitrogen and oxygen atoms in total. The maximum atomic E-state index is 15.0. The average molecular weight is 673 g/mol. The van der Waals surface area contributed by atoms with Crippen molar-refractivity contribution in [3.63, 3.8) is 0 Å². The molecule has 1 saturated carbocycles. The number of alkyl halides is 2. The van der Waals surface area contributed by atoms with E-state index in [-0.39, 0.29) is 32.9 Å². The Balaban J connectivity index is 1.61. The zero-order valence-electron chi connectivity index (χ0n) is 23.0. The molecule has 2 heterocycles. The molecular weight excluding hydrogens is 654 g/mol. The number of halogens is 7. The number of hydrogen-bond donors (Lipinski definition) is 1. The van der Waals surface area contributed by atoms with Crippen LogP contribution in [0.4, 0.5) is 32.4 Å². The van der Waals surface area contributed by atoms with Crippen molar-refractivity contribution < 1.29 is 55.8 Å². The molecule has 6 rings (SSSR count). The van der Waals surface area contributed by atoms with Crippen LogP contribution >= 0.6 is 23.2 Å². The number of hydrogen-bond acceptors (Lipinski definition) is 7. The van der Waals surface area contributed by atoms with E-state index < -0.39 is 110 Å². The van der Waals surface area contributed by atoms with Crippen molar-refractivity contribution in [2.75, 3.05) is 12.0 Å². The van der Waals surface area contributed by atoms with Gasteiger partial charge in [0.15, 0.2) is 33.0 Å². The predicted octanol–water partition coefficient (Wildman–Crippen LogP) is 4.73. The molecule has 0 bridgehead atoms. The molecule has 5 amide bonds. The number of carbonyl (C=O) groups excluding carboxylic acids is 5. The second-order valence-corrected chi connectivity index (χ2v) is 12.4. The number of rotatable bonds is 2. The minimum atomic E-state index is -2.78. The first-order valence-corrected chi connectivity index (χ1v) is 14.0. The summed E-state index contributed by atoms with van der Waals surface area (Å²) in [6.07, 6.45) is -0.771. The Morgan fingerprint density at radius 1 is 0.933 bits per heavy atom. The van der Waals surface area contributed by atoms with Gasteiger partial charge in [-0.25, -0.2) is 31.6 Å². The Morgan fingerprint density at radius 2 is 1.53 bits per heavy atom. The summed E-state index contributed by atoms with van der Waals surface area (Å²) >= 11 is 14.0. The van der Waals surface area contributed by atoms with Crippen LogP contribution in [-0.4, -0.2) is 56.6 Å². The fraction of sp³-hybridized carbons (Fsp3) is 0.345. The third kappa shape index (κ3) is 3.69. The first-order valence-electron chi connectivity index (χ1n) is 13.3. The minimum Gasteiger partial charge on any atom is -0.507 e. The number of fused-ring (bicyclic) bond motifs is 4. The monoisotopic (exact) mass is 672 g/mol. The van der Waals surface area contributed by atoms with E-state index in [0.29, 0.717) is 0 Å². The maximum absolute atomic E-state index is 15.0. The van der Waals surface area contributed by atoms with Crippen LogP contribution in [0.5, 0.6) is 5.75 Å². The van der Waals surface area contributed by atoms with Crippen LogP contribution in [0.25, 0.3) is 0 Å². The fourth-order valence-corrected chi connectivity index (χ4v) is 8.02. The van der Waals surface area contributed by atoms with E-state index in [1.165, 1.54) is 31.2 Å². The summed E-state index contributed by atoms with van der Waals surface area (Å²) < 4.78 is 77.1. The first kappa shape index (κ1) is 31.0. The number of anilines is 1. The fourth-order valence-electron chi connectivity index (χ4n) is 7.10. The van der Waals surface area contributed by atoms with Gasteiger partial charge in [-0.2, -0.15) is 4.90 Å². The summed E-state index contributed by atoms with van der Waals surface area (Å²) in [5.74, 6) is -23.6. The third-order valence-electron chi connectivity index (χ3n) is 9.16. The predicted molar refractivity (Wildman–Crippen MR) is 144 cm³/mol. The molecule has 0 radical (unpaired) electrons. The number of benzene rings is 2.